The summed E-state index contributed by atoms with van der Waals surface area (Å²) in [6.07, 6.45) is 2.19. The van der Waals surface area contributed by atoms with E-state index >= 15 is 0 Å². The predicted octanol–water partition coefficient (Wildman–Crippen LogP) is 1.75. The Labute approximate surface area is 187 Å². The summed E-state index contributed by atoms with van der Waals surface area (Å²) < 4.78 is 5.23. The molecule has 3 rings (SSSR count). The van der Waals surface area contributed by atoms with Gasteiger partial charge in [0.1, 0.15) is 12.6 Å². The van der Waals surface area contributed by atoms with E-state index in [2.05, 4.69) is 5.32 Å². The second-order valence-electron chi connectivity index (χ2n) is 7.53. The molecular formula is C24H30N2O6. The number of aryl methyl sites for hydroxylation is 2. The van der Waals surface area contributed by atoms with Crippen LogP contribution in [0.1, 0.15) is 30.9 Å². The molecule has 1 heterocycles. The molecule has 1 unspecified atom stereocenters. The van der Waals surface area contributed by atoms with E-state index in [0.29, 0.717) is 31.4 Å². The molecule has 0 bridgehead atoms. The van der Waals surface area contributed by atoms with Crippen LogP contribution in [0.2, 0.25) is 0 Å². The summed E-state index contributed by atoms with van der Waals surface area (Å²) in [6, 6.07) is 15.8. The lowest BCUT2D eigenvalue weighted by Crippen LogP contribution is -2.53. The molecule has 0 radical (unpaired) electrons. The molecule has 8 heteroatoms. The molecule has 1 aliphatic rings. The maximum Gasteiger partial charge on any atom is 0.323 e. The second-order valence-corrected chi connectivity index (χ2v) is 7.53. The molecule has 2 aromatic rings. The summed E-state index contributed by atoms with van der Waals surface area (Å²) in [6.45, 7) is 1.56. The Balaban J connectivity index is 0.00000363. The van der Waals surface area contributed by atoms with Gasteiger partial charge in [0.2, 0.25) is 5.91 Å². The van der Waals surface area contributed by atoms with Crippen LogP contribution in [0.5, 0.6) is 0 Å². The first-order valence-corrected chi connectivity index (χ1v) is 10.6. The van der Waals surface area contributed by atoms with Crippen molar-refractivity contribution in [3.63, 3.8) is 0 Å². The van der Waals surface area contributed by atoms with Crippen LogP contribution in [0.15, 0.2) is 54.6 Å². The molecule has 4 N–H and O–H groups in total. The average Bonchev–Trinajstić information content (AvgIpc) is 2.89. The van der Waals surface area contributed by atoms with Gasteiger partial charge in [0, 0.05) is 5.69 Å². The standard InChI is InChI=1S/C24H28N2O5.H2O/c1-2-31-24(30)20(14-12-17-8-4-3-5-9-17)25-19-15-13-18-10-6-7-11-21(18)26(23(19)29)16-22(27)28;/h3-11,19-20,25H,2,12-16H2,1H3,(H,27,28);1H2/t19-,20?;/m0./s1. The van der Waals surface area contributed by atoms with Gasteiger partial charge in [-0.25, -0.2) is 0 Å². The molecule has 0 aromatic heterocycles. The summed E-state index contributed by atoms with van der Waals surface area (Å²) in [5, 5.41) is 12.5. The molecule has 0 fully saturated rings. The van der Waals surface area contributed by atoms with Gasteiger partial charge in [-0.05, 0) is 49.8 Å². The molecule has 2 atom stereocenters. The van der Waals surface area contributed by atoms with E-state index in [4.69, 9.17) is 4.74 Å². The number of hydrogen-bond acceptors (Lipinski definition) is 5. The van der Waals surface area contributed by atoms with Crippen LogP contribution in [0.3, 0.4) is 0 Å². The Hall–Kier alpha value is -3.23. The van der Waals surface area contributed by atoms with Crippen LogP contribution in [0, 0.1) is 0 Å². The minimum atomic E-state index is -1.09. The van der Waals surface area contributed by atoms with Gasteiger partial charge < -0.3 is 15.3 Å². The van der Waals surface area contributed by atoms with Crippen molar-refractivity contribution in [3.8, 4) is 0 Å². The van der Waals surface area contributed by atoms with E-state index in [1.807, 2.05) is 42.5 Å². The number of nitrogens with one attached hydrogen (secondary N) is 1. The molecule has 0 spiro atoms. The fourth-order valence-corrected chi connectivity index (χ4v) is 3.88. The number of fused-ring (bicyclic) bond motifs is 1. The van der Waals surface area contributed by atoms with E-state index in [1.54, 1.807) is 19.1 Å². The van der Waals surface area contributed by atoms with Crippen molar-refractivity contribution in [2.45, 2.75) is 44.7 Å². The van der Waals surface area contributed by atoms with Crippen molar-refractivity contribution in [1.82, 2.24) is 5.32 Å². The second kappa shape index (κ2) is 12.0. The summed E-state index contributed by atoms with van der Waals surface area (Å²) >= 11 is 0. The number of carbonyl (C=O) groups is 3. The number of ether oxygens (including phenoxy) is 1. The number of nitrogens with zero attached hydrogens (tertiary/aromatic N) is 1. The van der Waals surface area contributed by atoms with Gasteiger partial charge >= 0.3 is 11.9 Å². The maximum atomic E-state index is 13.3. The Kier molecular flexibility index (Phi) is 9.37. The van der Waals surface area contributed by atoms with Crippen molar-refractivity contribution in [2.24, 2.45) is 0 Å². The van der Waals surface area contributed by atoms with Gasteiger partial charge in [0.25, 0.3) is 0 Å². The van der Waals surface area contributed by atoms with Crippen LogP contribution < -0.4 is 10.2 Å². The molecule has 172 valence electrons. The minimum absolute atomic E-state index is 0. The Morgan fingerprint density at radius 2 is 1.84 bits per heavy atom. The van der Waals surface area contributed by atoms with E-state index in [0.717, 1.165) is 11.1 Å². The third-order valence-electron chi connectivity index (χ3n) is 5.38. The molecule has 8 nitrogen and oxygen atoms in total. The Morgan fingerprint density at radius 3 is 2.53 bits per heavy atom. The number of aliphatic carboxylic acids is 1. The average molecular weight is 443 g/mol. The molecule has 32 heavy (non-hydrogen) atoms. The quantitative estimate of drug-likeness (QED) is 0.570. The fourth-order valence-electron chi connectivity index (χ4n) is 3.88. The van der Waals surface area contributed by atoms with Gasteiger partial charge in [0.05, 0.1) is 12.6 Å². The highest BCUT2D eigenvalue weighted by molar-refractivity contribution is 6.02. The number of hydrogen-bond donors (Lipinski definition) is 2. The van der Waals surface area contributed by atoms with Gasteiger partial charge in [-0.3, -0.25) is 24.6 Å². The zero-order valence-electron chi connectivity index (χ0n) is 18.1. The topological polar surface area (TPSA) is 127 Å². The van der Waals surface area contributed by atoms with Gasteiger partial charge in [-0.1, -0.05) is 48.5 Å². The molecule has 0 aliphatic carbocycles. The molecule has 1 aliphatic heterocycles. The zero-order valence-corrected chi connectivity index (χ0v) is 18.1. The number of anilines is 1. The number of amides is 1. The van der Waals surface area contributed by atoms with Crippen molar-refractivity contribution in [2.75, 3.05) is 18.1 Å². The summed E-state index contributed by atoms with van der Waals surface area (Å²) in [5.41, 5.74) is 2.61. The summed E-state index contributed by atoms with van der Waals surface area (Å²) in [5.74, 6) is -1.84. The first kappa shape index (κ1) is 25.0. The highest BCUT2D eigenvalue weighted by Crippen LogP contribution is 2.27. The van der Waals surface area contributed by atoms with Crippen LogP contribution in [-0.2, 0) is 32.0 Å². The Morgan fingerprint density at radius 1 is 1.16 bits per heavy atom. The number of para-hydroxylation sites is 1. The Bertz CT molecular complexity index is 918. The highest BCUT2D eigenvalue weighted by Gasteiger charge is 2.34. The lowest BCUT2D eigenvalue weighted by Gasteiger charge is -2.27. The smallest absolute Gasteiger partial charge is 0.323 e. The van der Waals surface area contributed by atoms with Crippen LogP contribution in [-0.4, -0.2) is 53.7 Å². The molecule has 0 saturated heterocycles. The van der Waals surface area contributed by atoms with Crippen molar-refractivity contribution >= 4 is 23.5 Å². The highest BCUT2D eigenvalue weighted by atomic mass is 16.5. The molecule has 2 aromatic carbocycles. The van der Waals surface area contributed by atoms with E-state index < -0.39 is 30.6 Å². The first-order chi connectivity index (χ1) is 15.0. The van der Waals surface area contributed by atoms with Gasteiger partial charge in [-0.15, -0.1) is 0 Å². The van der Waals surface area contributed by atoms with Gasteiger partial charge in [-0.2, -0.15) is 0 Å². The third kappa shape index (κ3) is 6.38. The van der Waals surface area contributed by atoms with E-state index in [9.17, 15) is 19.5 Å². The molecular weight excluding hydrogens is 412 g/mol. The van der Waals surface area contributed by atoms with Crippen molar-refractivity contribution in [3.05, 3.63) is 65.7 Å². The van der Waals surface area contributed by atoms with Crippen molar-refractivity contribution in [1.29, 1.82) is 0 Å². The minimum Gasteiger partial charge on any atom is -0.480 e. The molecule has 1 amide bonds. The number of benzene rings is 2. The SMILES string of the molecule is CCOC(=O)C(CCc1ccccc1)N[C@H]1CCc2ccccc2N(CC(=O)O)C1=O.O. The summed E-state index contributed by atoms with van der Waals surface area (Å²) in [4.78, 5) is 38.6. The lowest BCUT2D eigenvalue weighted by atomic mass is 10.0. The van der Waals surface area contributed by atoms with E-state index in [-0.39, 0.29) is 18.0 Å². The van der Waals surface area contributed by atoms with Crippen molar-refractivity contribution < 1.29 is 29.7 Å². The monoisotopic (exact) mass is 442 g/mol. The number of carbonyl (C=O) groups excluding carboxylic acids is 2. The normalized spacial score (nSPS) is 16.3. The number of esters is 1. The number of rotatable bonds is 9. The van der Waals surface area contributed by atoms with Crippen LogP contribution in [0.25, 0.3) is 0 Å². The maximum absolute atomic E-state index is 13.3. The first-order valence-electron chi connectivity index (χ1n) is 10.6. The van der Waals surface area contributed by atoms with Crippen LogP contribution in [0.4, 0.5) is 5.69 Å². The largest absolute Gasteiger partial charge is 0.480 e. The predicted molar refractivity (Wildman–Crippen MR) is 120 cm³/mol. The number of carboxylic acids is 1. The molecule has 0 saturated carbocycles. The van der Waals surface area contributed by atoms with E-state index in [1.165, 1.54) is 4.90 Å². The van der Waals surface area contributed by atoms with Crippen LogP contribution >= 0.6 is 0 Å². The fraction of sp³-hybridized carbons (Fsp3) is 0.375. The summed E-state index contributed by atoms with van der Waals surface area (Å²) in [7, 11) is 0. The third-order valence-corrected chi connectivity index (χ3v) is 5.38. The zero-order chi connectivity index (χ0) is 22.2. The van der Waals surface area contributed by atoms with Gasteiger partial charge in [0.15, 0.2) is 0 Å². The number of carboxylic acid groups (broad SMARTS) is 1. The lowest BCUT2D eigenvalue weighted by molar-refractivity contribution is -0.146.